The summed E-state index contributed by atoms with van der Waals surface area (Å²) in [5, 5.41) is 5.80. The molecule has 1 aliphatic heterocycles. The number of hydrogen-bond acceptors (Lipinski definition) is 5. The largest absolute Gasteiger partial charge is 0.366 e. The summed E-state index contributed by atoms with van der Waals surface area (Å²) in [5.41, 5.74) is 1.25. The van der Waals surface area contributed by atoms with E-state index in [-0.39, 0.29) is 35.7 Å². The van der Waals surface area contributed by atoms with Crippen LogP contribution in [0.25, 0.3) is 0 Å². The lowest BCUT2D eigenvalue weighted by molar-refractivity contribution is -0.115. The molecule has 0 radical (unpaired) electrons. The molecular weight excluding hydrogens is 345 g/mol. The number of nitrogens with one attached hydrogen (secondary N) is 2. The molecule has 2 N–H and O–H groups in total. The Morgan fingerprint density at radius 3 is 2.56 bits per heavy atom. The van der Waals surface area contributed by atoms with Crippen LogP contribution in [0, 0.1) is 5.82 Å². The van der Waals surface area contributed by atoms with Crippen LogP contribution in [0.4, 0.5) is 15.9 Å². The molecule has 1 aromatic carbocycles. The van der Waals surface area contributed by atoms with Gasteiger partial charge in [0.05, 0.1) is 29.8 Å². The maximum Gasteiger partial charge on any atom is 0.228 e. The molecule has 1 aromatic heterocycles. The number of halogens is 1. The third-order valence-electron chi connectivity index (χ3n) is 3.91. The van der Waals surface area contributed by atoms with Gasteiger partial charge in [-0.3, -0.25) is 4.79 Å². The molecule has 1 amide bonds. The predicted molar refractivity (Wildman–Crippen MR) is 93.7 cm³/mol. The zero-order valence-corrected chi connectivity index (χ0v) is 14.2. The molecule has 2 heterocycles. The zero-order valence-electron chi connectivity index (χ0n) is 13.4. The van der Waals surface area contributed by atoms with Crippen molar-refractivity contribution < 1.29 is 17.6 Å². The number of aromatic nitrogens is 1. The molecule has 1 atom stereocenters. The SMILES string of the molecule is O=C(Cc1ccc(F)cc1)Nc1ccc(NC2CCS(=O)(=O)C2)nc1. The third kappa shape index (κ3) is 4.99. The molecule has 132 valence electrons. The van der Waals surface area contributed by atoms with Crippen molar-refractivity contribution >= 4 is 27.2 Å². The van der Waals surface area contributed by atoms with E-state index >= 15 is 0 Å². The monoisotopic (exact) mass is 363 g/mol. The lowest BCUT2D eigenvalue weighted by Crippen LogP contribution is -2.21. The van der Waals surface area contributed by atoms with E-state index in [0.29, 0.717) is 23.5 Å². The molecule has 0 spiro atoms. The van der Waals surface area contributed by atoms with E-state index in [1.807, 2.05) is 0 Å². The van der Waals surface area contributed by atoms with Crippen molar-refractivity contribution in [3.8, 4) is 0 Å². The number of benzene rings is 1. The highest BCUT2D eigenvalue weighted by atomic mass is 32.2. The summed E-state index contributed by atoms with van der Waals surface area (Å²) >= 11 is 0. The van der Waals surface area contributed by atoms with E-state index in [0.717, 1.165) is 0 Å². The molecule has 0 saturated carbocycles. The minimum Gasteiger partial charge on any atom is -0.366 e. The number of hydrogen-bond donors (Lipinski definition) is 2. The van der Waals surface area contributed by atoms with E-state index < -0.39 is 9.84 Å². The number of anilines is 2. The van der Waals surface area contributed by atoms with Gasteiger partial charge >= 0.3 is 0 Å². The van der Waals surface area contributed by atoms with Crippen molar-refractivity contribution in [2.45, 2.75) is 18.9 Å². The molecule has 0 aliphatic carbocycles. The van der Waals surface area contributed by atoms with Crippen LogP contribution in [0.5, 0.6) is 0 Å². The first-order valence-electron chi connectivity index (χ1n) is 7.87. The Morgan fingerprint density at radius 2 is 1.96 bits per heavy atom. The van der Waals surface area contributed by atoms with Crippen molar-refractivity contribution in [2.24, 2.45) is 0 Å². The van der Waals surface area contributed by atoms with Gasteiger partial charge in [-0.2, -0.15) is 0 Å². The van der Waals surface area contributed by atoms with Gasteiger partial charge in [0.25, 0.3) is 0 Å². The Bertz CT molecular complexity index is 852. The second-order valence-corrected chi connectivity index (χ2v) is 8.26. The number of rotatable bonds is 5. The topological polar surface area (TPSA) is 88.2 Å². The van der Waals surface area contributed by atoms with Gasteiger partial charge in [0.1, 0.15) is 11.6 Å². The Labute approximate surface area is 145 Å². The van der Waals surface area contributed by atoms with Gasteiger partial charge in [-0.15, -0.1) is 0 Å². The fourth-order valence-corrected chi connectivity index (χ4v) is 4.34. The summed E-state index contributed by atoms with van der Waals surface area (Å²) in [4.78, 5) is 16.2. The van der Waals surface area contributed by atoms with Crippen LogP contribution in [-0.4, -0.2) is 36.9 Å². The van der Waals surface area contributed by atoms with Gasteiger partial charge in [-0.05, 0) is 36.2 Å². The maximum atomic E-state index is 12.8. The second-order valence-electron chi connectivity index (χ2n) is 6.03. The van der Waals surface area contributed by atoms with Gasteiger partial charge in [-0.1, -0.05) is 12.1 Å². The van der Waals surface area contributed by atoms with Crippen LogP contribution < -0.4 is 10.6 Å². The van der Waals surface area contributed by atoms with Crippen molar-refractivity contribution in [1.29, 1.82) is 0 Å². The summed E-state index contributed by atoms with van der Waals surface area (Å²) in [5.74, 6) is 0.314. The summed E-state index contributed by atoms with van der Waals surface area (Å²) in [6.07, 6.45) is 2.22. The summed E-state index contributed by atoms with van der Waals surface area (Å²) in [6.45, 7) is 0. The number of sulfone groups is 1. The average molecular weight is 363 g/mol. The molecule has 1 saturated heterocycles. The third-order valence-corrected chi connectivity index (χ3v) is 5.68. The van der Waals surface area contributed by atoms with Crippen molar-refractivity contribution in [1.82, 2.24) is 4.98 Å². The molecule has 8 heteroatoms. The molecule has 1 unspecified atom stereocenters. The molecule has 1 aliphatic rings. The molecular formula is C17H18FN3O3S. The second kappa shape index (κ2) is 7.18. The van der Waals surface area contributed by atoms with Gasteiger partial charge in [0, 0.05) is 6.04 Å². The minimum atomic E-state index is -2.94. The lowest BCUT2D eigenvalue weighted by atomic mass is 10.1. The number of nitrogens with zero attached hydrogens (tertiary/aromatic N) is 1. The first kappa shape index (κ1) is 17.3. The van der Waals surface area contributed by atoms with E-state index in [9.17, 15) is 17.6 Å². The Hall–Kier alpha value is -2.48. The number of carbonyl (C=O) groups is 1. The standard InChI is InChI=1S/C17H18FN3O3S/c18-13-3-1-12(2-4-13)9-17(22)21-14-5-6-16(19-10-14)20-15-7-8-25(23,24)11-15/h1-6,10,15H,7-9,11H2,(H,19,20)(H,21,22). The molecule has 2 aromatic rings. The maximum absolute atomic E-state index is 12.8. The van der Waals surface area contributed by atoms with Gasteiger partial charge < -0.3 is 10.6 Å². The number of amides is 1. The van der Waals surface area contributed by atoms with Crippen LogP contribution in [0.3, 0.4) is 0 Å². The van der Waals surface area contributed by atoms with Gasteiger partial charge in [0.15, 0.2) is 9.84 Å². The fraction of sp³-hybridized carbons (Fsp3) is 0.294. The highest BCUT2D eigenvalue weighted by Gasteiger charge is 2.27. The van der Waals surface area contributed by atoms with Gasteiger partial charge in [-0.25, -0.2) is 17.8 Å². The van der Waals surface area contributed by atoms with Crippen molar-refractivity contribution in [3.63, 3.8) is 0 Å². The highest BCUT2D eigenvalue weighted by molar-refractivity contribution is 7.91. The summed E-state index contributed by atoms with van der Waals surface area (Å²) in [6, 6.07) is 9.02. The van der Waals surface area contributed by atoms with Crippen LogP contribution in [0.2, 0.25) is 0 Å². The molecule has 0 bridgehead atoms. The van der Waals surface area contributed by atoms with Crippen LogP contribution >= 0.6 is 0 Å². The highest BCUT2D eigenvalue weighted by Crippen LogP contribution is 2.17. The zero-order chi connectivity index (χ0) is 17.9. The van der Waals surface area contributed by atoms with Gasteiger partial charge in [0.2, 0.25) is 5.91 Å². The summed E-state index contributed by atoms with van der Waals surface area (Å²) < 4.78 is 35.7. The number of pyridine rings is 1. The first-order chi connectivity index (χ1) is 11.9. The van der Waals surface area contributed by atoms with E-state index in [2.05, 4.69) is 15.6 Å². The first-order valence-corrected chi connectivity index (χ1v) is 9.69. The Balaban J connectivity index is 1.53. The molecule has 3 rings (SSSR count). The van der Waals surface area contributed by atoms with Crippen LogP contribution in [0.1, 0.15) is 12.0 Å². The normalized spacial score (nSPS) is 18.7. The smallest absolute Gasteiger partial charge is 0.228 e. The van der Waals surface area contributed by atoms with E-state index in [4.69, 9.17) is 0 Å². The Kier molecular flexibility index (Phi) is 4.98. The predicted octanol–water partition coefficient (Wildman–Crippen LogP) is 2.00. The van der Waals surface area contributed by atoms with E-state index in [1.54, 1.807) is 24.3 Å². The summed E-state index contributed by atoms with van der Waals surface area (Å²) in [7, 11) is -2.94. The number of carbonyl (C=O) groups excluding carboxylic acids is 1. The molecule has 25 heavy (non-hydrogen) atoms. The fourth-order valence-electron chi connectivity index (χ4n) is 2.66. The Morgan fingerprint density at radius 1 is 1.20 bits per heavy atom. The van der Waals surface area contributed by atoms with Crippen LogP contribution in [0.15, 0.2) is 42.6 Å². The lowest BCUT2D eigenvalue weighted by Gasteiger charge is -2.12. The minimum absolute atomic E-state index is 0.116. The quantitative estimate of drug-likeness (QED) is 0.848. The molecule has 1 fully saturated rings. The molecule has 6 nitrogen and oxygen atoms in total. The van der Waals surface area contributed by atoms with Crippen molar-refractivity contribution in [3.05, 3.63) is 54.0 Å². The van der Waals surface area contributed by atoms with E-state index in [1.165, 1.54) is 18.3 Å². The average Bonchev–Trinajstić information content (AvgIpc) is 2.90. The van der Waals surface area contributed by atoms with Crippen LogP contribution in [-0.2, 0) is 21.1 Å². The van der Waals surface area contributed by atoms with Crippen molar-refractivity contribution in [2.75, 3.05) is 22.1 Å².